The molecule has 1 amide bonds. The number of para-hydroxylation sites is 2. The zero-order valence-electron chi connectivity index (χ0n) is 15.9. The van der Waals surface area contributed by atoms with Gasteiger partial charge < -0.3 is 15.2 Å². The van der Waals surface area contributed by atoms with Gasteiger partial charge in [-0.3, -0.25) is 4.79 Å². The fraction of sp³-hybridized carbons (Fsp3) is 0.238. The molecule has 1 unspecified atom stereocenters. The first-order valence-electron chi connectivity index (χ1n) is 8.98. The van der Waals surface area contributed by atoms with Crippen molar-refractivity contribution in [3.63, 3.8) is 0 Å². The van der Waals surface area contributed by atoms with E-state index in [1.807, 2.05) is 6.07 Å². The molecule has 0 radical (unpaired) electrons. The second-order valence-electron chi connectivity index (χ2n) is 6.63. The summed E-state index contributed by atoms with van der Waals surface area (Å²) in [6.07, 6.45) is -6.24. The normalized spacial score (nSPS) is 13.5. The minimum Gasteiger partial charge on any atom is -0.457 e. The van der Waals surface area contributed by atoms with Crippen LogP contribution in [0.15, 0.2) is 60.0 Å². The van der Waals surface area contributed by atoms with Crippen LogP contribution in [0.5, 0.6) is 11.5 Å². The first kappa shape index (κ1) is 21.8. The van der Waals surface area contributed by atoms with Crippen LogP contribution in [0.2, 0.25) is 0 Å². The Hall–Kier alpha value is -2.91. The van der Waals surface area contributed by atoms with Gasteiger partial charge in [-0.2, -0.15) is 13.2 Å². The number of amides is 1. The quantitative estimate of drug-likeness (QED) is 0.563. The molecule has 0 saturated carbocycles. The number of aryl methyl sites for hydroxylation is 1. The van der Waals surface area contributed by atoms with Crippen LogP contribution in [0.25, 0.3) is 0 Å². The molecular weight excluding hydrogens is 417 g/mol. The smallest absolute Gasteiger partial charge is 0.424 e. The van der Waals surface area contributed by atoms with Crippen molar-refractivity contribution < 1.29 is 27.8 Å². The summed E-state index contributed by atoms with van der Waals surface area (Å²) >= 11 is 0.662. The molecule has 5 nitrogen and oxygen atoms in total. The van der Waals surface area contributed by atoms with Gasteiger partial charge in [-0.1, -0.05) is 36.4 Å². The van der Waals surface area contributed by atoms with Gasteiger partial charge in [-0.25, -0.2) is 4.98 Å². The number of ether oxygens (including phenoxy) is 1. The van der Waals surface area contributed by atoms with Crippen molar-refractivity contribution >= 4 is 17.2 Å². The highest BCUT2D eigenvalue weighted by molar-refractivity contribution is 7.09. The maximum absolute atomic E-state index is 13.5. The summed E-state index contributed by atoms with van der Waals surface area (Å²) in [5.74, 6) is 0.0877. The van der Waals surface area contributed by atoms with Crippen LogP contribution in [0, 0.1) is 6.92 Å². The summed E-state index contributed by atoms with van der Waals surface area (Å²) in [6, 6.07) is 15.8. The highest BCUT2D eigenvalue weighted by Gasteiger charge is 2.58. The van der Waals surface area contributed by atoms with Gasteiger partial charge in [0.05, 0.1) is 6.42 Å². The molecule has 158 valence electrons. The number of carbonyl (C=O) groups is 1. The van der Waals surface area contributed by atoms with Crippen molar-refractivity contribution in [2.24, 2.45) is 0 Å². The molecule has 30 heavy (non-hydrogen) atoms. The standard InChI is InChI=1S/C21H19F3N2O3S/c1-14-13-30-19(26-14)20(28,21(22,23)24)11-18(27)25-12-15-7-5-6-10-17(15)29-16-8-3-2-4-9-16/h2-10,13,28H,11-12H2,1H3,(H,25,27). The molecule has 1 aromatic heterocycles. The Morgan fingerprint density at radius 2 is 1.80 bits per heavy atom. The van der Waals surface area contributed by atoms with Crippen molar-refractivity contribution in [3.8, 4) is 11.5 Å². The third kappa shape index (κ3) is 4.98. The molecular formula is C21H19F3N2O3S. The van der Waals surface area contributed by atoms with Crippen molar-refractivity contribution in [1.82, 2.24) is 10.3 Å². The predicted octanol–water partition coefficient (Wildman–Crippen LogP) is 4.70. The molecule has 0 aliphatic heterocycles. The fourth-order valence-electron chi connectivity index (χ4n) is 2.69. The van der Waals surface area contributed by atoms with E-state index >= 15 is 0 Å². The number of nitrogens with zero attached hydrogens (tertiary/aromatic N) is 1. The molecule has 2 N–H and O–H groups in total. The summed E-state index contributed by atoms with van der Waals surface area (Å²) in [5.41, 5.74) is -2.43. The third-order valence-electron chi connectivity index (χ3n) is 4.28. The van der Waals surface area contributed by atoms with Crippen molar-refractivity contribution in [2.45, 2.75) is 31.7 Å². The predicted molar refractivity (Wildman–Crippen MR) is 106 cm³/mol. The van der Waals surface area contributed by atoms with E-state index in [-0.39, 0.29) is 6.54 Å². The van der Waals surface area contributed by atoms with Crippen LogP contribution < -0.4 is 10.1 Å². The molecule has 0 aliphatic rings. The van der Waals surface area contributed by atoms with Gasteiger partial charge in [0.2, 0.25) is 11.5 Å². The van der Waals surface area contributed by atoms with E-state index < -0.39 is 29.1 Å². The fourth-order valence-corrected chi connectivity index (χ4v) is 3.61. The minimum atomic E-state index is -5.05. The summed E-state index contributed by atoms with van der Waals surface area (Å²) in [5, 5.41) is 13.5. The maximum Gasteiger partial charge on any atom is 0.424 e. The lowest BCUT2D eigenvalue weighted by Crippen LogP contribution is -2.46. The Morgan fingerprint density at radius 1 is 1.13 bits per heavy atom. The number of thiazole rings is 1. The molecule has 9 heteroatoms. The zero-order valence-corrected chi connectivity index (χ0v) is 16.8. The molecule has 0 fully saturated rings. The highest BCUT2D eigenvalue weighted by Crippen LogP contribution is 2.42. The highest BCUT2D eigenvalue weighted by atomic mass is 32.1. The summed E-state index contributed by atoms with van der Waals surface area (Å²) < 4.78 is 46.4. The molecule has 1 atom stereocenters. The van der Waals surface area contributed by atoms with Crippen molar-refractivity contribution in [3.05, 3.63) is 76.2 Å². The average Bonchev–Trinajstić information content (AvgIpc) is 3.14. The van der Waals surface area contributed by atoms with E-state index in [1.165, 1.54) is 12.3 Å². The monoisotopic (exact) mass is 436 g/mol. The van der Waals surface area contributed by atoms with Crippen LogP contribution in [-0.4, -0.2) is 22.2 Å². The number of alkyl halides is 3. The second kappa shape index (κ2) is 8.85. The van der Waals surface area contributed by atoms with E-state index in [4.69, 9.17) is 4.74 Å². The number of hydrogen-bond donors (Lipinski definition) is 2. The van der Waals surface area contributed by atoms with Crippen LogP contribution in [0.1, 0.15) is 22.7 Å². The summed E-state index contributed by atoms with van der Waals surface area (Å²) in [7, 11) is 0. The van der Waals surface area contributed by atoms with E-state index in [9.17, 15) is 23.1 Å². The number of nitrogens with one attached hydrogen (secondary N) is 1. The van der Waals surface area contributed by atoms with E-state index in [2.05, 4.69) is 10.3 Å². The number of carbonyl (C=O) groups excluding carboxylic acids is 1. The lowest BCUT2D eigenvalue weighted by molar-refractivity contribution is -0.267. The Bertz CT molecular complexity index is 1010. The Kier molecular flexibility index (Phi) is 6.42. The number of hydrogen-bond acceptors (Lipinski definition) is 5. The molecule has 0 spiro atoms. The maximum atomic E-state index is 13.5. The van der Waals surface area contributed by atoms with Crippen LogP contribution in [0.3, 0.4) is 0 Å². The Labute approximate surface area is 175 Å². The van der Waals surface area contributed by atoms with E-state index in [0.29, 0.717) is 34.1 Å². The largest absolute Gasteiger partial charge is 0.457 e. The van der Waals surface area contributed by atoms with Crippen LogP contribution >= 0.6 is 11.3 Å². The second-order valence-corrected chi connectivity index (χ2v) is 7.49. The number of rotatable bonds is 7. The number of benzene rings is 2. The summed E-state index contributed by atoms with van der Waals surface area (Å²) in [6.45, 7) is 1.45. The topological polar surface area (TPSA) is 71.5 Å². The van der Waals surface area contributed by atoms with Gasteiger partial charge in [0, 0.05) is 23.2 Å². The lowest BCUT2D eigenvalue weighted by atomic mass is 9.99. The van der Waals surface area contributed by atoms with Gasteiger partial charge in [-0.05, 0) is 25.1 Å². The average molecular weight is 436 g/mol. The number of aromatic nitrogens is 1. The molecule has 3 rings (SSSR count). The van der Waals surface area contributed by atoms with Gasteiger partial charge in [0.25, 0.3) is 0 Å². The SMILES string of the molecule is Cc1csc(C(O)(CC(=O)NCc2ccccc2Oc2ccccc2)C(F)(F)F)n1. The Morgan fingerprint density at radius 3 is 2.43 bits per heavy atom. The van der Waals surface area contributed by atoms with Crippen molar-refractivity contribution in [2.75, 3.05) is 0 Å². The molecule has 1 heterocycles. The summed E-state index contributed by atoms with van der Waals surface area (Å²) in [4.78, 5) is 16.0. The van der Waals surface area contributed by atoms with Crippen LogP contribution in [0.4, 0.5) is 13.2 Å². The van der Waals surface area contributed by atoms with Gasteiger partial charge in [-0.15, -0.1) is 11.3 Å². The van der Waals surface area contributed by atoms with E-state index in [1.54, 1.807) is 48.5 Å². The Balaban J connectivity index is 1.71. The van der Waals surface area contributed by atoms with Gasteiger partial charge in [0.15, 0.2) is 0 Å². The molecule has 0 bridgehead atoms. The number of aliphatic hydroxyl groups is 1. The number of halogens is 3. The van der Waals surface area contributed by atoms with E-state index in [0.717, 1.165) is 0 Å². The van der Waals surface area contributed by atoms with Crippen molar-refractivity contribution in [1.29, 1.82) is 0 Å². The minimum absolute atomic E-state index is 0.0628. The molecule has 0 aliphatic carbocycles. The van der Waals surface area contributed by atoms with Crippen LogP contribution in [-0.2, 0) is 16.9 Å². The van der Waals surface area contributed by atoms with Gasteiger partial charge in [0.1, 0.15) is 16.5 Å². The first-order valence-corrected chi connectivity index (χ1v) is 9.86. The molecule has 3 aromatic rings. The molecule has 0 saturated heterocycles. The zero-order chi connectivity index (χ0) is 21.8. The lowest BCUT2D eigenvalue weighted by Gasteiger charge is -2.28. The first-order chi connectivity index (χ1) is 14.2. The third-order valence-corrected chi connectivity index (χ3v) is 5.39. The van der Waals surface area contributed by atoms with Gasteiger partial charge >= 0.3 is 6.18 Å². The molecule has 2 aromatic carbocycles.